The molecule has 2 rings (SSSR count). The van der Waals surface area contributed by atoms with Gasteiger partial charge in [-0.25, -0.2) is 0 Å². The Morgan fingerprint density at radius 2 is 1.38 bits per heavy atom. The fraction of sp³-hybridized carbons (Fsp3) is 0.568. The van der Waals surface area contributed by atoms with Crippen molar-refractivity contribution in [3.63, 3.8) is 0 Å². The number of pyridine rings is 1. The van der Waals surface area contributed by atoms with Gasteiger partial charge in [-0.2, -0.15) is 4.73 Å². The molecule has 0 aliphatic heterocycles. The number of carbonyl (C=O) groups excluding carboxylic acids is 5. The maximum atomic E-state index is 14.0. The molecule has 50 heavy (non-hydrogen) atoms. The predicted octanol–water partition coefficient (Wildman–Crippen LogP) is 1.98. The third-order valence-corrected chi connectivity index (χ3v) is 8.53. The molecule has 0 saturated carbocycles. The Morgan fingerprint density at radius 1 is 0.740 bits per heavy atom. The molecule has 1 heterocycles. The second-order valence-electron chi connectivity index (χ2n) is 13.6. The standard InChI is InChI=1S/C37H57N7O6/c1-9-25(7)32(43-34(46)28-16-18-44(50)19-17-28)37(49)41-30(21-27-14-12-11-13-15-27)35(47)40-29(20-23(3)4)22-39-26(8)33(45)42-31(24(5)6)36(48)38-10-2/h11-19,23-26,29-32,39H,9-10,20-22H2,1-8H3,(H,38,48)(H,40,47)(H,41,49)(H,42,45)(H,43,46)/t25-,26-,29-,30-,31-,32-/m0/s1. The minimum absolute atomic E-state index is 0.111. The van der Waals surface area contributed by atoms with Gasteiger partial charge >= 0.3 is 0 Å². The topological polar surface area (TPSA) is 184 Å². The first-order valence-electron chi connectivity index (χ1n) is 17.6. The van der Waals surface area contributed by atoms with Crippen LogP contribution in [-0.2, 0) is 25.6 Å². The average Bonchev–Trinajstić information content (AvgIpc) is 3.07. The van der Waals surface area contributed by atoms with Crippen molar-refractivity contribution in [3.05, 3.63) is 71.2 Å². The maximum absolute atomic E-state index is 14.0. The highest BCUT2D eigenvalue weighted by Gasteiger charge is 2.32. The zero-order valence-corrected chi connectivity index (χ0v) is 30.7. The summed E-state index contributed by atoms with van der Waals surface area (Å²) in [7, 11) is 0. The summed E-state index contributed by atoms with van der Waals surface area (Å²) < 4.78 is 0.566. The lowest BCUT2D eigenvalue weighted by Gasteiger charge is -2.29. The number of aromatic nitrogens is 1. The van der Waals surface area contributed by atoms with Crippen LogP contribution in [0, 0.1) is 23.0 Å². The summed E-state index contributed by atoms with van der Waals surface area (Å²) >= 11 is 0. The lowest BCUT2D eigenvalue weighted by molar-refractivity contribution is -0.605. The Labute approximate surface area is 296 Å². The molecular formula is C37H57N7O6. The molecule has 0 saturated heterocycles. The molecule has 13 heteroatoms. The first kappa shape index (κ1) is 41.7. The van der Waals surface area contributed by atoms with Gasteiger partial charge in [0.2, 0.25) is 23.6 Å². The van der Waals surface area contributed by atoms with E-state index in [0.29, 0.717) is 24.1 Å². The third-order valence-electron chi connectivity index (χ3n) is 8.53. The third kappa shape index (κ3) is 13.8. The summed E-state index contributed by atoms with van der Waals surface area (Å²) in [4.78, 5) is 66.3. The molecule has 0 unspecified atom stereocenters. The molecule has 13 nitrogen and oxygen atoms in total. The van der Waals surface area contributed by atoms with Gasteiger partial charge in [0.25, 0.3) is 5.91 Å². The predicted molar refractivity (Wildman–Crippen MR) is 192 cm³/mol. The normalized spacial score (nSPS) is 14.8. The van der Waals surface area contributed by atoms with Crippen molar-refractivity contribution in [2.24, 2.45) is 17.8 Å². The highest BCUT2D eigenvalue weighted by Crippen LogP contribution is 2.12. The van der Waals surface area contributed by atoms with Crippen LogP contribution in [0.25, 0.3) is 0 Å². The van der Waals surface area contributed by atoms with Gasteiger partial charge < -0.3 is 37.1 Å². The summed E-state index contributed by atoms with van der Waals surface area (Å²) in [5.41, 5.74) is 1.07. The summed E-state index contributed by atoms with van der Waals surface area (Å²) in [5, 5.41) is 29.0. The first-order chi connectivity index (χ1) is 23.7. The van der Waals surface area contributed by atoms with E-state index < -0.39 is 41.9 Å². The van der Waals surface area contributed by atoms with E-state index in [1.807, 2.05) is 78.8 Å². The van der Waals surface area contributed by atoms with E-state index in [9.17, 15) is 29.2 Å². The van der Waals surface area contributed by atoms with Crippen LogP contribution in [0.15, 0.2) is 54.9 Å². The number of hydrogen-bond acceptors (Lipinski definition) is 7. The molecular weight excluding hydrogens is 638 g/mol. The lowest BCUT2D eigenvalue weighted by atomic mass is 9.96. The van der Waals surface area contributed by atoms with Crippen molar-refractivity contribution in [3.8, 4) is 0 Å². The summed E-state index contributed by atoms with van der Waals surface area (Å²) in [5.74, 6) is -2.17. The van der Waals surface area contributed by atoms with Crippen LogP contribution in [0.3, 0.4) is 0 Å². The van der Waals surface area contributed by atoms with Gasteiger partial charge in [-0.05, 0) is 43.6 Å². The molecule has 6 atom stereocenters. The molecule has 0 spiro atoms. The second kappa shape index (κ2) is 20.9. The molecule has 0 bridgehead atoms. The van der Waals surface area contributed by atoms with Gasteiger partial charge in [-0.3, -0.25) is 24.0 Å². The van der Waals surface area contributed by atoms with E-state index in [1.54, 1.807) is 6.92 Å². The van der Waals surface area contributed by atoms with Gasteiger partial charge in [-0.15, -0.1) is 0 Å². The summed E-state index contributed by atoms with van der Waals surface area (Å²) in [6.07, 6.45) is 3.80. The lowest BCUT2D eigenvalue weighted by Crippen LogP contribution is -2.58. The van der Waals surface area contributed by atoms with Crippen LogP contribution in [-0.4, -0.2) is 72.8 Å². The van der Waals surface area contributed by atoms with Gasteiger partial charge in [0.15, 0.2) is 12.4 Å². The van der Waals surface area contributed by atoms with Gasteiger partial charge in [-0.1, -0.05) is 78.3 Å². The van der Waals surface area contributed by atoms with Crippen molar-refractivity contribution in [2.75, 3.05) is 13.1 Å². The molecule has 1 aromatic heterocycles. The van der Waals surface area contributed by atoms with Gasteiger partial charge in [0.1, 0.15) is 18.1 Å². The van der Waals surface area contributed by atoms with E-state index in [1.165, 1.54) is 24.5 Å². The quantitative estimate of drug-likeness (QED) is 0.0904. The van der Waals surface area contributed by atoms with Crippen molar-refractivity contribution in [1.29, 1.82) is 0 Å². The van der Waals surface area contributed by atoms with Crippen molar-refractivity contribution < 1.29 is 28.7 Å². The molecule has 276 valence electrons. The molecule has 5 amide bonds. The average molecular weight is 696 g/mol. The highest BCUT2D eigenvalue weighted by atomic mass is 16.5. The Bertz CT molecular complexity index is 1390. The Kier molecular flexibility index (Phi) is 17.4. The molecule has 2 aromatic rings. The SMILES string of the molecule is CCNC(=O)[C@@H](NC(=O)[C@H](C)NC[C@H](CC(C)C)NC(=O)[C@H](Cc1ccccc1)NC(=O)[C@@H](NC(=O)c1cc[n+]([O-])cc1)[C@@H](C)CC)C(C)C. The monoisotopic (exact) mass is 695 g/mol. The van der Waals surface area contributed by atoms with Crippen LogP contribution in [0.2, 0.25) is 0 Å². The van der Waals surface area contributed by atoms with E-state index >= 15 is 0 Å². The Balaban J connectivity index is 2.23. The number of hydrogen-bond donors (Lipinski definition) is 6. The number of nitrogens with zero attached hydrogens (tertiary/aromatic N) is 1. The van der Waals surface area contributed by atoms with Gasteiger partial charge in [0, 0.05) is 37.7 Å². The van der Waals surface area contributed by atoms with Gasteiger partial charge in [0.05, 0.1) is 11.6 Å². The number of benzene rings is 1. The highest BCUT2D eigenvalue weighted by molar-refractivity contribution is 5.98. The first-order valence-corrected chi connectivity index (χ1v) is 17.6. The Hall–Kier alpha value is -4.52. The van der Waals surface area contributed by atoms with Crippen LogP contribution in [0.1, 0.15) is 84.2 Å². The van der Waals surface area contributed by atoms with E-state index in [2.05, 4.69) is 31.9 Å². The van der Waals surface area contributed by atoms with Crippen LogP contribution >= 0.6 is 0 Å². The number of amides is 5. The Morgan fingerprint density at radius 3 is 1.94 bits per heavy atom. The minimum atomic E-state index is -0.969. The van der Waals surface area contributed by atoms with E-state index in [-0.39, 0.29) is 54.1 Å². The van der Waals surface area contributed by atoms with E-state index in [4.69, 9.17) is 0 Å². The zero-order valence-electron chi connectivity index (χ0n) is 30.7. The molecule has 0 aliphatic carbocycles. The molecule has 0 aliphatic rings. The van der Waals surface area contributed by atoms with Crippen molar-refractivity contribution >= 4 is 29.5 Å². The minimum Gasteiger partial charge on any atom is -0.619 e. The van der Waals surface area contributed by atoms with Crippen LogP contribution in [0.4, 0.5) is 0 Å². The smallest absolute Gasteiger partial charge is 0.252 e. The summed E-state index contributed by atoms with van der Waals surface area (Å²) in [6.45, 7) is 15.8. The largest absolute Gasteiger partial charge is 0.619 e. The number of nitrogens with one attached hydrogen (secondary N) is 6. The summed E-state index contributed by atoms with van der Waals surface area (Å²) in [6, 6.07) is 8.44. The fourth-order valence-electron chi connectivity index (χ4n) is 5.38. The molecule has 0 fully saturated rings. The number of carbonyl (C=O) groups is 5. The van der Waals surface area contributed by atoms with Crippen LogP contribution < -0.4 is 36.6 Å². The number of likely N-dealkylation sites (N-methyl/N-ethyl adjacent to an activating group) is 1. The van der Waals surface area contributed by atoms with Crippen LogP contribution in [0.5, 0.6) is 0 Å². The molecule has 1 aromatic carbocycles. The molecule has 6 N–H and O–H groups in total. The fourth-order valence-corrected chi connectivity index (χ4v) is 5.38. The van der Waals surface area contributed by atoms with Crippen molar-refractivity contribution in [1.82, 2.24) is 31.9 Å². The second-order valence-corrected chi connectivity index (χ2v) is 13.6. The number of rotatable bonds is 20. The molecule has 0 radical (unpaired) electrons. The maximum Gasteiger partial charge on any atom is 0.252 e. The van der Waals surface area contributed by atoms with Crippen molar-refractivity contribution in [2.45, 2.75) is 105 Å². The zero-order chi connectivity index (χ0) is 37.4. The van der Waals surface area contributed by atoms with E-state index in [0.717, 1.165) is 5.56 Å².